The number of aliphatic imine (C=N–C) groups is 1. The molecule has 4 rings (SSSR count). The van der Waals surface area contributed by atoms with Gasteiger partial charge in [0.15, 0.2) is 12.0 Å². The Labute approximate surface area is 180 Å². The highest BCUT2D eigenvalue weighted by Gasteiger charge is 2.33. The number of nitrogens with two attached hydrogens (primary N) is 1. The number of ether oxygens (including phenoxy) is 1. The summed E-state index contributed by atoms with van der Waals surface area (Å²) in [6.07, 6.45) is -0.172. The Hall–Kier alpha value is -2.81. The average molecular weight is 426 g/mol. The molecule has 3 N–H and O–H groups in total. The Morgan fingerprint density at radius 2 is 2.03 bits per heavy atom. The van der Waals surface area contributed by atoms with Crippen LogP contribution in [-0.4, -0.2) is 45.0 Å². The molecule has 158 valence electrons. The van der Waals surface area contributed by atoms with E-state index < -0.39 is 0 Å². The van der Waals surface area contributed by atoms with Gasteiger partial charge in [-0.2, -0.15) is 0 Å². The normalized spacial score (nSPS) is 15.9. The molecule has 8 heteroatoms. The van der Waals surface area contributed by atoms with Crippen LogP contribution in [0.5, 0.6) is 5.75 Å². The summed E-state index contributed by atoms with van der Waals surface area (Å²) >= 11 is 1.66. The van der Waals surface area contributed by atoms with Crippen molar-refractivity contribution in [3.63, 3.8) is 0 Å². The van der Waals surface area contributed by atoms with Gasteiger partial charge in [-0.15, -0.1) is 11.3 Å². The number of benzene rings is 1. The summed E-state index contributed by atoms with van der Waals surface area (Å²) in [5, 5.41) is 2.05. The van der Waals surface area contributed by atoms with Gasteiger partial charge in [0.25, 0.3) is 0 Å². The molecule has 2 aromatic heterocycles. The summed E-state index contributed by atoms with van der Waals surface area (Å²) < 4.78 is 12.2. The number of nitrogens with one attached hydrogen (secondary N) is 1. The molecule has 3 heterocycles. The van der Waals surface area contributed by atoms with Crippen LogP contribution in [0.25, 0.3) is 11.3 Å². The maximum absolute atomic E-state index is 6.35. The third-order valence-corrected chi connectivity index (χ3v) is 6.07. The second-order valence-corrected chi connectivity index (χ2v) is 8.51. The van der Waals surface area contributed by atoms with Crippen LogP contribution >= 0.6 is 11.3 Å². The van der Waals surface area contributed by atoms with Gasteiger partial charge in [0.05, 0.1) is 5.56 Å². The highest BCUT2D eigenvalue weighted by molar-refractivity contribution is 7.10. The molecule has 0 aliphatic carbocycles. The maximum Gasteiger partial charge on any atom is 0.209 e. The molecule has 0 amide bonds. The van der Waals surface area contributed by atoms with Gasteiger partial charge in [-0.05, 0) is 56.7 Å². The lowest BCUT2D eigenvalue weighted by atomic mass is 10.0. The van der Waals surface area contributed by atoms with Crippen molar-refractivity contribution in [2.45, 2.75) is 13.1 Å². The van der Waals surface area contributed by atoms with Gasteiger partial charge >= 0.3 is 0 Å². The van der Waals surface area contributed by atoms with Crippen molar-refractivity contribution in [3.05, 3.63) is 57.8 Å². The zero-order valence-corrected chi connectivity index (χ0v) is 18.5. The first kappa shape index (κ1) is 20.5. The Bertz CT molecular complexity index is 1020. The number of nitrogens with zero attached hydrogens (tertiary/aromatic N) is 3. The first-order valence-corrected chi connectivity index (χ1v) is 10.7. The predicted molar refractivity (Wildman–Crippen MR) is 122 cm³/mol. The minimum atomic E-state index is -0.172. The molecule has 1 atom stereocenters. The summed E-state index contributed by atoms with van der Waals surface area (Å²) in [6, 6.07) is 12.1. The van der Waals surface area contributed by atoms with Gasteiger partial charge in [0, 0.05) is 29.6 Å². The third-order valence-electron chi connectivity index (χ3n) is 5.16. The van der Waals surface area contributed by atoms with Crippen molar-refractivity contribution in [2.24, 2.45) is 10.8 Å². The topological polar surface area (TPSA) is 79.3 Å². The fraction of sp³-hybridized carbons (Fsp3) is 0.318. The quantitative estimate of drug-likeness (QED) is 0.464. The number of likely N-dealkylation sites (N-methyl/N-ethyl adjacent to an activating group) is 1. The summed E-state index contributed by atoms with van der Waals surface area (Å²) in [6.45, 7) is 3.56. The van der Waals surface area contributed by atoms with E-state index >= 15 is 0 Å². The number of anilines is 1. The van der Waals surface area contributed by atoms with Gasteiger partial charge < -0.3 is 24.4 Å². The number of rotatable bonds is 6. The van der Waals surface area contributed by atoms with Gasteiger partial charge in [-0.1, -0.05) is 6.07 Å². The summed E-state index contributed by atoms with van der Waals surface area (Å²) in [4.78, 5) is 10.1. The molecule has 1 aliphatic heterocycles. The molecule has 1 aliphatic rings. The number of hydrogen-bond donors (Lipinski definition) is 2. The van der Waals surface area contributed by atoms with Crippen LogP contribution in [0.1, 0.15) is 22.2 Å². The van der Waals surface area contributed by atoms with Gasteiger partial charge in [-0.3, -0.25) is 0 Å². The molecule has 0 radical (unpaired) electrons. The van der Waals surface area contributed by atoms with Gasteiger partial charge in [0.1, 0.15) is 18.1 Å². The Balaban J connectivity index is 1.64. The van der Waals surface area contributed by atoms with E-state index in [1.165, 1.54) is 0 Å². The van der Waals surface area contributed by atoms with E-state index in [9.17, 15) is 0 Å². The van der Waals surface area contributed by atoms with E-state index in [4.69, 9.17) is 20.0 Å². The standard InChI is InChI=1S/C22H27N5O2S/c1-14-18-20(25-23)24-21(17-6-5-13-30-17)27(4)22(18)29-19(14)15-7-9-16(10-8-15)28-12-11-26(2)3/h5-10,13,21H,11-12,23H2,1-4H3,(H,24,25). The molecule has 0 fully saturated rings. The molecule has 3 aromatic rings. The van der Waals surface area contributed by atoms with Crippen LogP contribution in [0.2, 0.25) is 0 Å². The molecular weight excluding hydrogens is 398 g/mol. The van der Waals surface area contributed by atoms with E-state index in [-0.39, 0.29) is 6.17 Å². The van der Waals surface area contributed by atoms with Crippen LogP contribution in [0.3, 0.4) is 0 Å². The number of thiophene rings is 1. The Morgan fingerprint density at radius 3 is 2.67 bits per heavy atom. The van der Waals surface area contributed by atoms with E-state index in [0.717, 1.165) is 45.5 Å². The van der Waals surface area contributed by atoms with Crippen LogP contribution < -0.4 is 20.9 Å². The number of furan rings is 1. The lowest BCUT2D eigenvalue weighted by Crippen LogP contribution is -2.38. The molecule has 0 bridgehead atoms. The summed E-state index contributed by atoms with van der Waals surface area (Å²) in [5.41, 5.74) is 5.65. The molecule has 0 spiro atoms. The SMILES string of the molecule is Cc1c(-c2ccc(OCCN(C)C)cc2)oc2c1C(NN)=NC(c1cccs1)N2C. The zero-order chi connectivity index (χ0) is 21.3. The summed E-state index contributed by atoms with van der Waals surface area (Å²) in [5.74, 6) is 8.87. The maximum atomic E-state index is 6.35. The number of hydrogen-bond acceptors (Lipinski definition) is 8. The second-order valence-electron chi connectivity index (χ2n) is 7.53. The minimum absolute atomic E-state index is 0.172. The van der Waals surface area contributed by atoms with E-state index in [0.29, 0.717) is 12.4 Å². The van der Waals surface area contributed by atoms with Crippen molar-refractivity contribution in [3.8, 4) is 17.1 Å². The second kappa shape index (κ2) is 8.51. The fourth-order valence-electron chi connectivity index (χ4n) is 3.54. The highest BCUT2D eigenvalue weighted by Crippen LogP contribution is 2.43. The number of amidine groups is 1. The third kappa shape index (κ3) is 3.81. The lowest BCUT2D eigenvalue weighted by Gasteiger charge is -2.29. The number of hydrazine groups is 1. The number of fused-ring (bicyclic) bond motifs is 1. The van der Waals surface area contributed by atoms with Crippen LogP contribution in [0.15, 0.2) is 51.2 Å². The van der Waals surface area contributed by atoms with Crippen molar-refractivity contribution in [1.82, 2.24) is 10.3 Å². The minimum Gasteiger partial charge on any atom is -0.492 e. The molecule has 0 saturated carbocycles. The largest absolute Gasteiger partial charge is 0.492 e. The van der Waals surface area contributed by atoms with Crippen LogP contribution in [0.4, 0.5) is 5.88 Å². The Kier molecular flexibility index (Phi) is 5.80. The van der Waals surface area contributed by atoms with E-state index in [2.05, 4.69) is 21.3 Å². The van der Waals surface area contributed by atoms with Crippen LogP contribution in [-0.2, 0) is 0 Å². The first-order chi connectivity index (χ1) is 14.5. The van der Waals surface area contributed by atoms with Crippen molar-refractivity contribution in [2.75, 3.05) is 39.2 Å². The van der Waals surface area contributed by atoms with Crippen molar-refractivity contribution in [1.29, 1.82) is 0 Å². The molecular formula is C22H27N5O2S. The lowest BCUT2D eigenvalue weighted by molar-refractivity contribution is 0.261. The Morgan fingerprint density at radius 1 is 1.27 bits per heavy atom. The molecule has 1 aromatic carbocycles. The van der Waals surface area contributed by atoms with Crippen LogP contribution in [0, 0.1) is 6.92 Å². The molecule has 30 heavy (non-hydrogen) atoms. The molecule has 1 unspecified atom stereocenters. The van der Waals surface area contributed by atoms with Gasteiger partial charge in [0.2, 0.25) is 5.88 Å². The average Bonchev–Trinajstić information content (AvgIpc) is 3.38. The zero-order valence-electron chi connectivity index (χ0n) is 17.7. The van der Waals surface area contributed by atoms with E-state index in [1.54, 1.807) is 11.3 Å². The van der Waals surface area contributed by atoms with E-state index in [1.807, 2.05) is 63.8 Å². The predicted octanol–water partition coefficient (Wildman–Crippen LogP) is 3.62. The molecule has 7 nitrogen and oxygen atoms in total. The molecule has 0 saturated heterocycles. The fourth-order valence-corrected chi connectivity index (χ4v) is 4.34. The smallest absolute Gasteiger partial charge is 0.209 e. The summed E-state index contributed by atoms with van der Waals surface area (Å²) in [7, 11) is 6.05. The highest BCUT2D eigenvalue weighted by atomic mass is 32.1. The van der Waals surface area contributed by atoms with Crippen molar-refractivity contribution >= 4 is 23.1 Å². The van der Waals surface area contributed by atoms with Crippen molar-refractivity contribution < 1.29 is 9.15 Å². The first-order valence-electron chi connectivity index (χ1n) is 9.82. The van der Waals surface area contributed by atoms with Gasteiger partial charge in [-0.25, -0.2) is 10.8 Å². The monoisotopic (exact) mass is 425 g/mol.